The number of aryl methyl sites for hydroxylation is 1. The van der Waals surface area contributed by atoms with Crippen LogP contribution in [0.1, 0.15) is 18.0 Å². The SMILES string of the molecule is COC(=O)CC(NC(=O)Cn1cnc2c(cnn2C)c1=O)c1cccc(Br)c1. The fourth-order valence-corrected chi connectivity index (χ4v) is 3.22. The predicted octanol–water partition coefficient (Wildman–Crippen LogP) is 1.31. The summed E-state index contributed by atoms with van der Waals surface area (Å²) in [7, 11) is 2.97. The zero-order valence-corrected chi connectivity index (χ0v) is 16.8. The van der Waals surface area contributed by atoms with Crippen molar-refractivity contribution in [2.75, 3.05) is 7.11 Å². The Balaban J connectivity index is 1.81. The molecular formula is C18H18BrN5O4. The average Bonchev–Trinajstić information content (AvgIpc) is 3.05. The molecule has 0 aliphatic heterocycles. The standard InChI is InChI=1S/C18H18BrN5O4/c1-23-17-13(8-21-23)18(27)24(10-20-17)9-15(25)22-14(7-16(26)28-2)11-4-3-5-12(19)6-11/h3-6,8,10,14H,7,9H2,1-2H3,(H,22,25). The van der Waals surface area contributed by atoms with Gasteiger partial charge in [-0.1, -0.05) is 28.1 Å². The lowest BCUT2D eigenvalue weighted by atomic mass is 10.0. The van der Waals surface area contributed by atoms with E-state index in [2.05, 4.69) is 31.3 Å². The van der Waals surface area contributed by atoms with Crippen LogP contribution in [0.3, 0.4) is 0 Å². The van der Waals surface area contributed by atoms with Crippen LogP contribution in [0.25, 0.3) is 11.0 Å². The highest BCUT2D eigenvalue weighted by Crippen LogP contribution is 2.21. The van der Waals surface area contributed by atoms with E-state index in [1.807, 2.05) is 12.1 Å². The molecule has 0 saturated carbocycles. The highest BCUT2D eigenvalue weighted by atomic mass is 79.9. The summed E-state index contributed by atoms with van der Waals surface area (Å²) in [4.78, 5) is 41.0. The van der Waals surface area contributed by atoms with Gasteiger partial charge in [0.05, 0.1) is 25.8 Å². The molecule has 0 saturated heterocycles. The fraction of sp³-hybridized carbons (Fsp3) is 0.278. The molecule has 1 atom stereocenters. The van der Waals surface area contributed by atoms with Crippen LogP contribution in [0.5, 0.6) is 0 Å². The molecule has 2 aromatic heterocycles. The number of halogens is 1. The molecule has 0 fully saturated rings. The number of carbonyl (C=O) groups excluding carboxylic acids is 2. The number of ether oxygens (including phenoxy) is 1. The largest absolute Gasteiger partial charge is 0.469 e. The van der Waals surface area contributed by atoms with Crippen LogP contribution in [0.2, 0.25) is 0 Å². The van der Waals surface area contributed by atoms with Gasteiger partial charge in [-0.3, -0.25) is 23.6 Å². The number of hydrogen-bond acceptors (Lipinski definition) is 6. The van der Waals surface area contributed by atoms with Gasteiger partial charge in [-0.15, -0.1) is 0 Å². The number of methoxy groups -OCH3 is 1. The highest BCUT2D eigenvalue weighted by molar-refractivity contribution is 9.10. The lowest BCUT2D eigenvalue weighted by Gasteiger charge is -2.19. The van der Waals surface area contributed by atoms with Gasteiger partial charge in [0.25, 0.3) is 5.56 Å². The number of nitrogens with one attached hydrogen (secondary N) is 1. The molecule has 1 unspecified atom stereocenters. The lowest BCUT2D eigenvalue weighted by molar-refractivity contribution is -0.141. The van der Waals surface area contributed by atoms with Gasteiger partial charge in [-0.05, 0) is 17.7 Å². The summed E-state index contributed by atoms with van der Waals surface area (Å²) in [5.41, 5.74) is 0.820. The van der Waals surface area contributed by atoms with Gasteiger partial charge in [0.1, 0.15) is 18.3 Å². The van der Waals surface area contributed by atoms with E-state index in [1.54, 1.807) is 19.2 Å². The van der Waals surface area contributed by atoms with E-state index in [0.29, 0.717) is 11.0 Å². The fourth-order valence-electron chi connectivity index (χ4n) is 2.80. The number of carbonyl (C=O) groups is 2. The average molecular weight is 448 g/mol. The van der Waals surface area contributed by atoms with Crippen LogP contribution >= 0.6 is 15.9 Å². The molecule has 146 valence electrons. The predicted molar refractivity (Wildman–Crippen MR) is 104 cm³/mol. The molecular weight excluding hydrogens is 430 g/mol. The lowest BCUT2D eigenvalue weighted by Crippen LogP contribution is -2.35. The van der Waals surface area contributed by atoms with Crippen molar-refractivity contribution in [3.63, 3.8) is 0 Å². The maximum Gasteiger partial charge on any atom is 0.307 e. The van der Waals surface area contributed by atoms with Crippen molar-refractivity contribution in [1.29, 1.82) is 0 Å². The number of amides is 1. The first-order valence-electron chi connectivity index (χ1n) is 8.38. The van der Waals surface area contributed by atoms with Crippen molar-refractivity contribution in [1.82, 2.24) is 24.6 Å². The minimum absolute atomic E-state index is 0.0342. The van der Waals surface area contributed by atoms with Gasteiger partial charge in [0, 0.05) is 11.5 Å². The minimum atomic E-state index is -0.594. The van der Waals surface area contributed by atoms with Crippen LogP contribution < -0.4 is 10.9 Å². The first-order chi connectivity index (χ1) is 13.4. The molecule has 0 aliphatic carbocycles. The Kier molecular flexibility index (Phi) is 5.88. The molecule has 3 rings (SSSR count). The van der Waals surface area contributed by atoms with Gasteiger partial charge >= 0.3 is 5.97 Å². The van der Waals surface area contributed by atoms with Crippen LogP contribution in [0.4, 0.5) is 0 Å². The summed E-state index contributed by atoms with van der Waals surface area (Å²) in [6.07, 6.45) is 2.69. The summed E-state index contributed by atoms with van der Waals surface area (Å²) in [5, 5.41) is 7.11. The van der Waals surface area contributed by atoms with E-state index < -0.39 is 17.9 Å². The third kappa shape index (κ3) is 4.28. The Morgan fingerprint density at radius 3 is 2.86 bits per heavy atom. The molecule has 0 aliphatic rings. The summed E-state index contributed by atoms with van der Waals surface area (Å²) in [5.74, 6) is -0.887. The Morgan fingerprint density at radius 2 is 2.14 bits per heavy atom. The molecule has 1 amide bonds. The second-order valence-electron chi connectivity index (χ2n) is 6.14. The first-order valence-corrected chi connectivity index (χ1v) is 9.17. The van der Waals surface area contributed by atoms with E-state index in [4.69, 9.17) is 4.74 Å². The molecule has 10 heteroatoms. The molecule has 3 aromatic rings. The van der Waals surface area contributed by atoms with Crippen molar-refractivity contribution in [3.8, 4) is 0 Å². The van der Waals surface area contributed by atoms with Crippen LogP contribution in [-0.2, 0) is 27.9 Å². The van der Waals surface area contributed by atoms with Crippen molar-refractivity contribution in [3.05, 3.63) is 57.2 Å². The molecule has 2 heterocycles. The molecule has 0 bridgehead atoms. The second kappa shape index (κ2) is 8.34. The smallest absolute Gasteiger partial charge is 0.307 e. The molecule has 9 nitrogen and oxygen atoms in total. The number of benzene rings is 1. The van der Waals surface area contributed by atoms with Crippen molar-refractivity contribution < 1.29 is 14.3 Å². The highest BCUT2D eigenvalue weighted by Gasteiger charge is 2.20. The van der Waals surface area contributed by atoms with E-state index in [1.165, 1.54) is 28.9 Å². The molecule has 28 heavy (non-hydrogen) atoms. The van der Waals surface area contributed by atoms with Crippen molar-refractivity contribution in [2.24, 2.45) is 7.05 Å². The topological polar surface area (TPSA) is 108 Å². The van der Waals surface area contributed by atoms with Gasteiger partial charge < -0.3 is 10.1 Å². The van der Waals surface area contributed by atoms with E-state index in [0.717, 1.165) is 10.0 Å². The number of hydrogen-bond donors (Lipinski definition) is 1. The second-order valence-corrected chi connectivity index (χ2v) is 7.05. The van der Waals surface area contributed by atoms with Gasteiger partial charge in [-0.25, -0.2) is 4.98 Å². The molecule has 1 N–H and O–H groups in total. The molecule has 0 spiro atoms. The summed E-state index contributed by atoms with van der Waals surface area (Å²) in [6, 6.07) is 6.66. The van der Waals surface area contributed by atoms with E-state index >= 15 is 0 Å². The first kappa shape index (κ1) is 19.7. The van der Waals surface area contributed by atoms with Crippen LogP contribution in [-0.4, -0.2) is 38.3 Å². The van der Waals surface area contributed by atoms with Crippen molar-refractivity contribution in [2.45, 2.75) is 19.0 Å². The summed E-state index contributed by atoms with van der Waals surface area (Å²) >= 11 is 3.38. The van der Waals surface area contributed by atoms with Gasteiger partial charge in [-0.2, -0.15) is 5.10 Å². The zero-order valence-electron chi connectivity index (χ0n) is 15.3. The number of esters is 1. The maximum absolute atomic E-state index is 12.6. The van der Waals surface area contributed by atoms with Gasteiger partial charge in [0.15, 0.2) is 5.65 Å². The summed E-state index contributed by atoms with van der Waals surface area (Å²) < 4.78 is 8.23. The Bertz CT molecular complexity index is 1090. The normalized spacial score (nSPS) is 12.0. The monoisotopic (exact) mass is 447 g/mol. The molecule has 1 aromatic carbocycles. The number of nitrogens with zero attached hydrogens (tertiary/aromatic N) is 4. The quantitative estimate of drug-likeness (QED) is 0.570. The summed E-state index contributed by atoms with van der Waals surface area (Å²) in [6.45, 7) is -0.234. The van der Waals surface area contributed by atoms with Crippen LogP contribution in [0, 0.1) is 0 Å². The third-order valence-electron chi connectivity index (χ3n) is 4.22. The van der Waals surface area contributed by atoms with Crippen LogP contribution in [0.15, 0.2) is 46.1 Å². The minimum Gasteiger partial charge on any atom is -0.469 e. The maximum atomic E-state index is 12.6. The van der Waals surface area contributed by atoms with Crippen molar-refractivity contribution >= 4 is 38.8 Å². The van der Waals surface area contributed by atoms with Gasteiger partial charge in [0.2, 0.25) is 5.91 Å². The number of rotatable bonds is 6. The third-order valence-corrected chi connectivity index (χ3v) is 4.71. The van der Waals surface area contributed by atoms with E-state index in [9.17, 15) is 14.4 Å². The Hall–Kier alpha value is -3.01. The molecule has 0 radical (unpaired) electrons. The number of fused-ring (bicyclic) bond motifs is 1. The Labute approximate surface area is 168 Å². The zero-order chi connectivity index (χ0) is 20.3. The number of aromatic nitrogens is 4. The van der Waals surface area contributed by atoms with E-state index in [-0.39, 0.29) is 18.5 Å². The Morgan fingerprint density at radius 1 is 1.36 bits per heavy atom.